The Balaban J connectivity index is 0.000000365. The van der Waals surface area contributed by atoms with Gasteiger partial charge in [-0.2, -0.15) is 0 Å². The summed E-state index contributed by atoms with van der Waals surface area (Å²) in [5, 5.41) is 14.2. The van der Waals surface area contributed by atoms with Crippen molar-refractivity contribution in [3.05, 3.63) is 156 Å². The van der Waals surface area contributed by atoms with Crippen molar-refractivity contribution in [2.24, 2.45) is 0 Å². The minimum atomic E-state index is 0. The minimum Gasteiger partial charge on any atom is -0.657 e. The van der Waals surface area contributed by atoms with E-state index < -0.39 is 0 Å². The molecule has 0 spiro atoms. The fourth-order valence-electron chi connectivity index (χ4n) is 4.89. The summed E-state index contributed by atoms with van der Waals surface area (Å²) in [6.45, 7) is 5.06. The minimum absolute atomic E-state index is 0. The normalized spacial score (nSPS) is 10.2. The molecule has 0 aliphatic heterocycles. The number of benzene rings is 6. The van der Waals surface area contributed by atoms with Crippen molar-refractivity contribution >= 4 is 44.3 Å². The maximum atomic E-state index is 4.67. The van der Waals surface area contributed by atoms with Crippen LogP contribution in [0.5, 0.6) is 0 Å². The van der Waals surface area contributed by atoms with Gasteiger partial charge in [0, 0.05) is 0 Å². The van der Waals surface area contributed by atoms with Crippen molar-refractivity contribution < 1.29 is 78.7 Å². The van der Waals surface area contributed by atoms with Crippen molar-refractivity contribution in [3.8, 4) is 0 Å². The zero-order valence-electron chi connectivity index (χ0n) is 33.6. The summed E-state index contributed by atoms with van der Waals surface area (Å²) in [5.74, 6) is 0. The number of hydrogen-bond donors (Lipinski definition) is 4. The second-order valence-electron chi connectivity index (χ2n) is 13.7. The van der Waals surface area contributed by atoms with Crippen molar-refractivity contribution in [1.82, 2.24) is 0 Å². The zero-order chi connectivity index (χ0) is 36.1. The molecule has 0 aromatic heterocycles. The molecular weight excluding hydrogens is 659 g/mol. The molecule has 0 atom stereocenters. The largest absolute Gasteiger partial charge is 1.00 e. The van der Waals surface area contributed by atoms with Crippen LogP contribution in [0, 0.1) is 0 Å². The smallest absolute Gasteiger partial charge is 0.657 e. The van der Waals surface area contributed by atoms with E-state index in [1.54, 1.807) is 0 Å². The molecule has 8 heteroatoms. The third-order valence-electron chi connectivity index (χ3n) is 7.79. The number of para-hydroxylation sites is 2. The van der Waals surface area contributed by atoms with Gasteiger partial charge in [0.1, 0.15) is 26.2 Å². The topological polar surface area (TPSA) is 46.0 Å². The van der Waals surface area contributed by atoms with E-state index in [2.05, 4.69) is 128 Å². The quantitative estimate of drug-likeness (QED) is 0.130. The zero-order valence-corrected chi connectivity index (χ0v) is 37.6. The molecule has 264 valence electrons. The molecule has 4 N–H and O–H groups in total. The van der Waals surface area contributed by atoms with Crippen LogP contribution in [0.25, 0.3) is 32.2 Å². The summed E-state index contributed by atoms with van der Waals surface area (Å²) in [5.41, 5.74) is 4.02. The third kappa shape index (κ3) is 18.9. The number of fused-ring (bicyclic) bond motifs is 2. The van der Waals surface area contributed by atoms with Crippen LogP contribution in [0.4, 0.5) is 22.7 Å². The van der Waals surface area contributed by atoms with Gasteiger partial charge >= 0.3 is 59.1 Å². The van der Waals surface area contributed by atoms with E-state index in [4.69, 9.17) is 0 Å². The van der Waals surface area contributed by atoms with Gasteiger partial charge in [-0.1, -0.05) is 146 Å². The maximum Gasteiger partial charge on any atom is 1.00 e. The van der Waals surface area contributed by atoms with E-state index in [0.29, 0.717) is 0 Å². The van der Waals surface area contributed by atoms with Gasteiger partial charge in [-0.15, -0.1) is 22.7 Å². The van der Waals surface area contributed by atoms with E-state index in [-0.39, 0.29) is 59.1 Å². The molecule has 0 radical (unpaired) electrons. The molecule has 0 fully saturated rings. The molecular formula is C44H60N6Na2+4. The number of likely N-dealkylation sites (N-methyl/N-ethyl adjacent to an activating group) is 4. The second kappa shape index (κ2) is 27.0. The summed E-state index contributed by atoms with van der Waals surface area (Å²) in [6, 6.07) is 49.1. The van der Waals surface area contributed by atoms with Gasteiger partial charge in [0.25, 0.3) is 0 Å². The Bertz CT molecular complexity index is 1620. The van der Waals surface area contributed by atoms with Crippen molar-refractivity contribution in [3.63, 3.8) is 0 Å². The van der Waals surface area contributed by atoms with Crippen LogP contribution in [0.1, 0.15) is 0 Å². The van der Waals surface area contributed by atoms with E-state index in [0.717, 1.165) is 22.7 Å². The van der Waals surface area contributed by atoms with Gasteiger partial charge in [-0.25, -0.2) is 0 Å². The molecule has 0 aliphatic rings. The van der Waals surface area contributed by atoms with Gasteiger partial charge in [-0.05, 0) is 21.5 Å². The monoisotopic (exact) mass is 718 g/mol. The van der Waals surface area contributed by atoms with Crippen LogP contribution >= 0.6 is 0 Å². The Hall–Kier alpha value is -2.72. The van der Waals surface area contributed by atoms with E-state index in [1.165, 1.54) is 67.3 Å². The van der Waals surface area contributed by atoms with Crippen LogP contribution in [-0.2, 0) is 0 Å². The summed E-state index contributed by atoms with van der Waals surface area (Å²) in [4.78, 5) is 6.13. The fraction of sp³-hybridized carbons (Fsp3) is 0.273. The predicted octanol–water partition coefficient (Wildman–Crippen LogP) is -1.09. The summed E-state index contributed by atoms with van der Waals surface area (Å²) in [7, 11) is 17.5. The van der Waals surface area contributed by atoms with Crippen molar-refractivity contribution in [2.75, 3.05) is 82.6 Å². The molecule has 52 heavy (non-hydrogen) atoms. The molecule has 0 bridgehead atoms. The molecule has 0 saturated heterocycles. The van der Waals surface area contributed by atoms with Gasteiger partial charge in [0.15, 0.2) is 0 Å². The molecule has 0 heterocycles. The first kappa shape index (κ1) is 47.3. The van der Waals surface area contributed by atoms with Gasteiger partial charge < -0.3 is 30.2 Å². The number of nitrogens with one attached hydrogen (secondary N) is 4. The van der Waals surface area contributed by atoms with E-state index in [9.17, 15) is 0 Å². The fourth-order valence-corrected chi connectivity index (χ4v) is 4.89. The first-order chi connectivity index (χ1) is 24.1. The van der Waals surface area contributed by atoms with Gasteiger partial charge in [-0.3, -0.25) is 0 Å². The van der Waals surface area contributed by atoms with Crippen LogP contribution in [0.3, 0.4) is 0 Å². The number of hydrogen-bond acceptors (Lipinski definition) is 0. The van der Waals surface area contributed by atoms with Crippen LogP contribution < -0.4 is 78.7 Å². The predicted molar refractivity (Wildman–Crippen MR) is 217 cm³/mol. The molecule has 6 nitrogen and oxygen atoms in total. The Labute approximate surface area is 358 Å². The van der Waals surface area contributed by atoms with Crippen LogP contribution in [0.2, 0.25) is 0 Å². The molecule has 0 amide bonds. The first-order valence-corrected chi connectivity index (χ1v) is 17.8. The first-order valence-electron chi connectivity index (χ1n) is 17.8. The molecule has 6 aromatic carbocycles. The average Bonchev–Trinajstić information content (AvgIpc) is 3.12. The average molecular weight is 719 g/mol. The Morgan fingerprint density at radius 1 is 0.327 bits per heavy atom. The second-order valence-corrected chi connectivity index (χ2v) is 13.7. The third-order valence-corrected chi connectivity index (χ3v) is 7.79. The number of nitrogens with zero attached hydrogens (tertiary/aromatic N) is 2. The standard InChI is InChI=1S/2C16H12N.2C6H16N2.2Na/c2*1-2-9-14(10-3-1)17-16-12-6-8-13-7-4-5-11-15(13)16;2*1-7(2)5-6-8(3)4;;/h2*1-12H;2*5-6H2,1-4H3;;/q2*-1;;;2*+1/p+4. The van der Waals surface area contributed by atoms with Gasteiger partial charge in [0.2, 0.25) is 0 Å². The maximum absolute atomic E-state index is 4.67. The Kier molecular flexibility index (Phi) is 24.5. The van der Waals surface area contributed by atoms with E-state index >= 15 is 0 Å². The van der Waals surface area contributed by atoms with E-state index in [1.807, 2.05) is 84.9 Å². The summed E-state index contributed by atoms with van der Waals surface area (Å²) in [6.07, 6.45) is 0. The van der Waals surface area contributed by atoms with Crippen LogP contribution in [0.15, 0.2) is 146 Å². The molecule has 0 saturated carbocycles. The van der Waals surface area contributed by atoms with Crippen molar-refractivity contribution in [1.29, 1.82) is 0 Å². The molecule has 0 aliphatic carbocycles. The SMILES string of the molecule is C[NH+](C)CC[NH+](C)C.C[NH+](C)CC[NH+](C)C.[Na+].[Na+].c1ccc([N-]c2cccc3ccccc23)cc1.c1ccc([N-]c2cccc3ccccc23)cc1. The summed E-state index contributed by atoms with van der Waals surface area (Å²) < 4.78 is 0. The number of rotatable bonds is 10. The molecule has 6 aromatic rings. The Morgan fingerprint density at radius 3 is 0.904 bits per heavy atom. The number of quaternary nitrogens is 4. The van der Waals surface area contributed by atoms with Crippen LogP contribution in [-0.4, -0.2) is 82.6 Å². The Morgan fingerprint density at radius 2 is 0.596 bits per heavy atom. The molecule has 6 rings (SSSR count). The van der Waals surface area contributed by atoms with Crippen molar-refractivity contribution in [2.45, 2.75) is 0 Å². The molecule has 0 unspecified atom stereocenters. The van der Waals surface area contributed by atoms with Gasteiger partial charge in [0.05, 0.1) is 56.4 Å². The summed E-state index contributed by atoms with van der Waals surface area (Å²) >= 11 is 0.